The Morgan fingerprint density at radius 2 is 2.17 bits per heavy atom. The number of nitrogens with two attached hydrogens (primary N) is 2. The highest BCUT2D eigenvalue weighted by Crippen LogP contribution is 2.31. The molecule has 0 bridgehead atoms. The molecule has 1 aromatic heterocycles. The van der Waals surface area contributed by atoms with Gasteiger partial charge in [-0.3, -0.25) is 5.41 Å². The highest BCUT2D eigenvalue weighted by Gasteiger charge is 2.44. The second-order valence-corrected chi connectivity index (χ2v) is 4.03. The molecular formula is C9H15N5O4. The summed E-state index contributed by atoms with van der Waals surface area (Å²) in [4.78, 5) is 0. The summed E-state index contributed by atoms with van der Waals surface area (Å²) < 4.78 is 6.38. The average Bonchev–Trinajstić information content (AvgIpc) is 2.82. The standard InChI is InChI=1S/C9H15N5O4/c10-7(11)3-1-13-14(8(3)12)9-6(17)5(16)4(2-15)18-9/h1,4-6,9,15-17H,2,12H2,(H3,10,11). The van der Waals surface area contributed by atoms with Crippen molar-refractivity contribution in [2.75, 3.05) is 12.3 Å². The van der Waals surface area contributed by atoms with Gasteiger partial charge in [0.05, 0.1) is 18.4 Å². The van der Waals surface area contributed by atoms with Gasteiger partial charge in [0.15, 0.2) is 6.23 Å². The van der Waals surface area contributed by atoms with Crippen LogP contribution < -0.4 is 11.5 Å². The molecule has 1 aliphatic rings. The maximum absolute atomic E-state index is 9.80. The Hall–Kier alpha value is -1.68. The molecule has 18 heavy (non-hydrogen) atoms. The summed E-state index contributed by atoms with van der Waals surface area (Å²) in [5.41, 5.74) is 11.2. The summed E-state index contributed by atoms with van der Waals surface area (Å²) in [6.45, 7) is -0.435. The predicted octanol–water partition coefficient (Wildman–Crippen LogP) is -2.64. The minimum atomic E-state index is -1.27. The Labute approximate surface area is 102 Å². The number of nitrogens with zero attached hydrogens (tertiary/aromatic N) is 2. The van der Waals surface area contributed by atoms with Gasteiger partial charge in [-0.25, -0.2) is 4.68 Å². The van der Waals surface area contributed by atoms with Crippen LogP contribution in [0, 0.1) is 5.41 Å². The third-order valence-corrected chi connectivity index (χ3v) is 2.88. The van der Waals surface area contributed by atoms with Crippen LogP contribution in [-0.2, 0) is 4.74 Å². The van der Waals surface area contributed by atoms with Crippen LogP contribution in [0.2, 0.25) is 0 Å². The van der Waals surface area contributed by atoms with E-state index in [-0.39, 0.29) is 17.2 Å². The molecule has 9 heteroatoms. The van der Waals surface area contributed by atoms with Gasteiger partial charge in [0.2, 0.25) is 0 Å². The van der Waals surface area contributed by atoms with Gasteiger partial charge < -0.3 is 31.5 Å². The van der Waals surface area contributed by atoms with Crippen LogP contribution in [0.1, 0.15) is 11.8 Å². The first-order valence-corrected chi connectivity index (χ1v) is 5.27. The van der Waals surface area contributed by atoms with E-state index in [4.69, 9.17) is 26.7 Å². The lowest BCUT2D eigenvalue weighted by atomic mass is 10.1. The first-order chi connectivity index (χ1) is 8.47. The number of anilines is 1. The average molecular weight is 257 g/mol. The van der Waals surface area contributed by atoms with Crippen molar-refractivity contribution in [1.29, 1.82) is 5.41 Å². The van der Waals surface area contributed by atoms with Gasteiger partial charge in [-0.2, -0.15) is 5.10 Å². The number of rotatable bonds is 3. The van der Waals surface area contributed by atoms with E-state index in [9.17, 15) is 10.2 Å². The molecule has 4 unspecified atom stereocenters. The lowest BCUT2D eigenvalue weighted by molar-refractivity contribution is -0.0574. The third-order valence-electron chi connectivity index (χ3n) is 2.88. The van der Waals surface area contributed by atoms with Crippen LogP contribution >= 0.6 is 0 Å². The highest BCUT2D eigenvalue weighted by atomic mass is 16.6. The molecule has 2 rings (SSSR count). The Kier molecular flexibility index (Phi) is 3.22. The number of ether oxygens (including phenoxy) is 1. The fraction of sp³-hybridized carbons (Fsp3) is 0.556. The third kappa shape index (κ3) is 1.82. The molecule has 0 aliphatic carbocycles. The number of hydrogen-bond donors (Lipinski definition) is 6. The van der Waals surface area contributed by atoms with Gasteiger partial charge in [-0.1, -0.05) is 0 Å². The molecule has 100 valence electrons. The number of nitrogens with one attached hydrogen (secondary N) is 1. The van der Waals surface area contributed by atoms with E-state index in [0.717, 1.165) is 4.68 Å². The van der Waals surface area contributed by atoms with Crippen LogP contribution in [0.3, 0.4) is 0 Å². The van der Waals surface area contributed by atoms with E-state index in [1.807, 2.05) is 0 Å². The van der Waals surface area contributed by atoms with Crippen LogP contribution in [0.15, 0.2) is 6.20 Å². The molecule has 2 heterocycles. The van der Waals surface area contributed by atoms with Crippen molar-refractivity contribution in [3.05, 3.63) is 11.8 Å². The minimum absolute atomic E-state index is 0.0531. The number of nitrogen functional groups attached to an aromatic ring is 2. The molecule has 1 saturated heterocycles. The van der Waals surface area contributed by atoms with Crippen molar-refractivity contribution in [2.45, 2.75) is 24.5 Å². The number of aliphatic hydroxyl groups is 3. The SMILES string of the molecule is N=C(N)c1cnn(C2OC(CO)C(O)C2O)c1N. The Morgan fingerprint density at radius 3 is 2.61 bits per heavy atom. The van der Waals surface area contributed by atoms with Crippen molar-refractivity contribution in [1.82, 2.24) is 9.78 Å². The summed E-state index contributed by atoms with van der Waals surface area (Å²) in [5, 5.41) is 39.5. The van der Waals surface area contributed by atoms with Gasteiger partial charge in [0.1, 0.15) is 30.0 Å². The molecular weight excluding hydrogens is 242 g/mol. The predicted molar refractivity (Wildman–Crippen MR) is 60.7 cm³/mol. The Morgan fingerprint density at radius 1 is 1.50 bits per heavy atom. The number of amidine groups is 1. The van der Waals surface area contributed by atoms with Crippen LogP contribution in [0.5, 0.6) is 0 Å². The Balaban J connectivity index is 2.30. The van der Waals surface area contributed by atoms with Gasteiger partial charge >= 0.3 is 0 Å². The van der Waals surface area contributed by atoms with E-state index >= 15 is 0 Å². The number of aliphatic hydroxyl groups excluding tert-OH is 3. The fourth-order valence-corrected chi connectivity index (χ4v) is 1.86. The minimum Gasteiger partial charge on any atom is -0.394 e. The molecule has 1 aliphatic heterocycles. The zero-order valence-corrected chi connectivity index (χ0v) is 9.39. The number of hydrogen-bond acceptors (Lipinski definition) is 7. The van der Waals surface area contributed by atoms with Crippen molar-refractivity contribution >= 4 is 11.7 Å². The molecule has 0 radical (unpaired) electrons. The molecule has 0 amide bonds. The van der Waals surface area contributed by atoms with E-state index in [1.54, 1.807) is 0 Å². The summed E-state index contributed by atoms with van der Waals surface area (Å²) >= 11 is 0. The monoisotopic (exact) mass is 257 g/mol. The van der Waals surface area contributed by atoms with Crippen molar-refractivity contribution in [3.8, 4) is 0 Å². The summed E-state index contributed by atoms with van der Waals surface area (Å²) in [6.07, 6.45) is -3.17. The van der Waals surface area contributed by atoms with E-state index in [1.165, 1.54) is 6.20 Å². The summed E-state index contributed by atoms with van der Waals surface area (Å²) in [7, 11) is 0. The first kappa shape index (κ1) is 12.8. The second kappa shape index (κ2) is 4.53. The largest absolute Gasteiger partial charge is 0.394 e. The summed E-state index contributed by atoms with van der Waals surface area (Å²) in [5.74, 6) is -0.206. The molecule has 4 atom stereocenters. The van der Waals surface area contributed by atoms with Crippen LogP contribution in [0.25, 0.3) is 0 Å². The molecule has 9 nitrogen and oxygen atoms in total. The molecule has 0 spiro atoms. The van der Waals surface area contributed by atoms with Gasteiger partial charge in [-0.15, -0.1) is 0 Å². The van der Waals surface area contributed by atoms with Crippen LogP contribution in [0.4, 0.5) is 5.82 Å². The van der Waals surface area contributed by atoms with E-state index in [0.29, 0.717) is 0 Å². The van der Waals surface area contributed by atoms with E-state index < -0.39 is 31.1 Å². The molecule has 0 aromatic carbocycles. The molecule has 0 saturated carbocycles. The maximum Gasteiger partial charge on any atom is 0.181 e. The quantitative estimate of drug-likeness (QED) is 0.254. The molecule has 1 fully saturated rings. The normalized spacial score (nSPS) is 31.7. The van der Waals surface area contributed by atoms with Gasteiger partial charge in [0, 0.05) is 0 Å². The van der Waals surface area contributed by atoms with Crippen molar-refractivity contribution in [2.24, 2.45) is 5.73 Å². The highest BCUT2D eigenvalue weighted by molar-refractivity contribution is 5.98. The zero-order valence-electron chi connectivity index (χ0n) is 9.39. The van der Waals surface area contributed by atoms with Crippen LogP contribution in [-0.4, -0.2) is 55.9 Å². The fourth-order valence-electron chi connectivity index (χ4n) is 1.86. The zero-order chi connectivity index (χ0) is 13.4. The number of aromatic nitrogens is 2. The van der Waals surface area contributed by atoms with Crippen molar-refractivity contribution < 1.29 is 20.1 Å². The lowest BCUT2D eigenvalue weighted by Crippen LogP contribution is -2.33. The Bertz CT molecular complexity index is 462. The van der Waals surface area contributed by atoms with E-state index in [2.05, 4.69) is 5.10 Å². The molecule has 8 N–H and O–H groups in total. The second-order valence-electron chi connectivity index (χ2n) is 4.03. The molecule has 1 aromatic rings. The smallest absolute Gasteiger partial charge is 0.181 e. The topological polar surface area (TPSA) is 164 Å². The van der Waals surface area contributed by atoms with Gasteiger partial charge in [-0.05, 0) is 0 Å². The summed E-state index contributed by atoms with van der Waals surface area (Å²) in [6, 6.07) is 0. The lowest BCUT2D eigenvalue weighted by Gasteiger charge is -2.16. The maximum atomic E-state index is 9.80. The first-order valence-electron chi connectivity index (χ1n) is 5.27. The van der Waals surface area contributed by atoms with Crippen molar-refractivity contribution in [3.63, 3.8) is 0 Å². The van der Waals surface area contributed by atoms with Gasteiger partial charge in [0.25, 0.3) is 0 Å².